The molecule has 12 heteroatoms. The molecular weight excluding hydrogens is 468 g/mol. The van der Waals surface area contributed by atoms with E-state index in [9.17, 15) is 22.8 Å². The van der Waals surface area contributed by atoms with E-state index in [-0.39, 0.29) is 34.4 Å². The molecule has 10 nitrogen and oxygen atoms in total. The van der Waals surface area contributed by atoms with Crippen LogP contribution in [0.3, 0.4) is 0 Å². The normalized spacial score (nSPS) is 17.1. The molecule has 0 aromatic carbocycles. The van der Waals surface area contributed by atoms with Crippen molar-refractivity contribution in [3.05, 3.63) is 27.9 Å². The summed E-state index contributed by atoms with van der Waals surface area (Å²) in [5.41, 5.74) is 1.14. The number of hydrogen-bond donors (Lipinski definition) is 1. The molecule has 33 heavy (non-hydrogen) atoms. The lowest BCUT2D eigenvalue weighted by atomic mass is 9.99. The van der Waals surface area contributed by atoms with E-state index in [0.717, 1.165) is 11.3 Å². The Morgan fingerprint density at radius 3 is 2.58 bits per heavy atom. The fourth-order valence-electron chi connectivity index (χ4n) is 3.85. The smallest absolute Gasteiger partial charge is 0.341 e. The van der Waals surface area contributed by atoms with Gasteiger partial charge in [-0.05, 0) is 46.1 Å². The van der Waals surface area contributed by atoms with Gasteiger partial charge in [-0.2, -0.15) is 9.40 Å². The van der Waals surface area contributed by atoms with Gasteiger partial charge in [-0.15, -0.1) is 11.3 Å². The van der Waals surface area contributed by atoms with Gasteiger partial charge in [0.25, 0.3) is 0 Å². The molecule has 0 radical (unpaired) electrons. The van der Waals surface area contributed by atoms with Gasteiger partial charge in [0.2, 0.25) is 15.9 Å². The van der Waals surface area contributed by atoms with Gasteiger partial charge in [0, 0.05) is 20.1 Å². The molecular formula is C21H28N4O6S2. The van der Waals surface area contributed by atoms with Crippen molar-refractivity contribution < 1.29 is 27.5 Å². The molecule has 1 aliphatic heterocycles. The Labute approximate surface area is 197 Å². The predicted molar refractivity (Wildman–Crippen MR) is 123 cm³/mol. The fourth-order valence-corrected chi connectivity index (χ4v) is 6.65. The number of carbonyl (C=O) groups excluding carboxylic acids is 3. The number of amides is 1. The first-order valence-corrected chi connectivity index (χ1v) is 12.9. The molecule has 1 atom stereocenters. The minimum atomic E-state index is -3.80. The number of nitrogens with one attached hydrogen (secondary N) is 1. The highest BCUT2D eigenvalue weighted by Crippen LogP contribution is 2.35. The molecule has 1 unspecified atom stereocenters. The summed E-state index contributed by atoms with van der Waals surface area (Å²) in [6.45, 7) is 6.85. The first-order chi connectivity index (χ1) is 15.5. The number of aryl methyl sites for hydroxylation is 1. The lowest BCUT2D eigenvalue weighted by molar-refractivity contribution is -0.120. The second-order valence-corrected chi connectivity index (χ2v) is 10.9. The number of Topliss-reactive ketones (excluding diaryl/α,β-unsaturated/α-hetero) is 1. The molecule has 2 aromatic heterocycles. The van der Waals surface area contributed by atoms with Gasteiger partial charge in [-0.1, -0.05) is 0 Å². The number of carbonyl (C=O) groups is 3. The molecule has 1 aliphatic rings. The van der Waals surface area contributed by atoms with Crippen LogP contribution >= 0.6 is 11.3 Å². The Morgan fingerprint density at radius 1 is 1.30 bits per heavy atom. The van der Waals surface area contributed by atoms with Gasteiger partial charge in [0.05, 0.1) is 34.9 Å². The Hall–Kier alpha value is -2.57. The van der Waals surface area contributed by atoms with Gasteiger partial charge >= 0.3 is 5.97 Å². The molecule has 1 N–H and O–H groups in total. The Morgan fingerprint density at radius 2 is 2.00 bits per heavy atom. The lowest BCUT2D eigenvalue weighted by Gasteiger charge is -2.31. The van der Waals surface area contributed by atoms with Crippen molar-refractivity contribution in [3.63, 3.8) is 0 Å². The maximum absolute atomic E-state index is 13.1. The number of piperidine rings is 1. The van der Waals surface area contributed by atoms with Gasteiger partial charge in [-0.3, -0.25) is 14.3 Å². The molecule has 0 saturated carbocycles. The number of aromatic nitrogens is 2. The van der Waals surface area contributed by atoms with Gasteiger partial charge < -0.3 is 10.1 Å². The van der Waals surface area contributed by atoms with E-state index >= 15 is 0 Å². The average molecular weight is 497 g/mol. The second kappa shape index (κ2) is 9.74. The van der Waals surface area contributed by atoms with Crippen LogP contribution in [-0.2, 0) is 26.6 Å². The summed E-state index contributed by atoms with van der Waals surface area (Å²) < 4.78 is 34.2. The first kappa shape index (κ1) is 25.1. The van der Waals surface area contributed by atoms with Crippen molar-refractivity contribution in [3.8, 4) is 0 Å². The van der Waals surface area contributed by atoms with Crippen LogP contribution in [0.2, 0.25) is 0 Å². The van der Waals surface area contributed by atoms with E-state index in [1.165, 1.54) is 22.1 Å². The monoisotopic (exact) mass is 496 g/mol. The maximum atomic E-state index is 13.1. The molecule has 0 bridgehead atoms. The van der Waals surface area contributed by atoms with Crippen LogP contribution in [0.25, 0.3) is 0 Å². The summed E-state index contributed by atoms with van der Waals surface area (Å²) in [6, 6.07) is 0. The van der Waals surface area contributed by atoms with Crippen molar-refractivity contribution in [1.29, 1.82) is 0 Å². The van der Waals surface area contributed by atoms with Crippen LogP contribution in [0, 0.1) is 19.8 Å². The number of thiophene rings is 1. The number of ketones is 1. The molecule has 0 spiro atoms. The predicted octanol–water partition coefficient (Wildman–Crippen LogP) is 2.52. The molecule has 1 amide bonds. The molecule has 2 aromatic rings. The van der Waals surface area contributed by atoms with E-state index in [1.54, 1.807) is 27.8 Å². The summed E-state index contributed by atoms with van der Waals surface area (Å²) in [4.78, 5) is 38.0. The summed E-state index contributed by atoms with van der Waals surface area (Å²) in [5, 5.41) is 7.01. The molecule has 1 fully saturated rings. The summed E-state index contributed by atoms with van der Waals surface area (Å²) in [5.74, 6) is -1.84. The van der Waals surface area contributed by atoms with Crippen LogP contribution in [0.5, 0.6) is 0 Å². The number of anilines is 1. The fraction of sp³-hybridized carbons (Fsp3) is 0.524. The first-order valence-electron chi connectivity index (χ1n) is 10.6. The highest BCUT2D eigenvalue weighted by atomic mass is 32.2. The maximum Gasteiger partial charge on any atom is 0.341 e. The zero-order valence-electron chi connectivity index (χ0n) is 19.3. The van der Waals surface area contributed by atoms with Crippen LogP contribution in [0.4, 0.5) is 5.00 Å². The zero-order chi connectivity index (χ0) is 24.5. The lowest BCUT2D eigenvalue weighted by Crippen LogP contribution is -2.43. The van der Waals surface area contributed by atoms with Gasteiger partial charge in [0.1, 0.15) is 9.90 Å². The van der Waals surface area contributed by atoms with E-state index in [4.69, 9.17) is 4.74 Å². The quantitative estimate of drug-likeness (QED) is 0.461. The Kier molecular flexibility index (Phi) is 7.39. The third-order valence-corrected chi connectivity index (χ3v) is 9.02. The SMILES string of the molecule is CCOC(=O)c1c(NC(=O)C2CCCN(S(=O)(=O)c3cnn(C)c3C)C2)sc(C(C)=O)c1C. The number of nitrogens with zero attached hydrogens (tertiary/aromatic N) is 3. The number of hydrogen-bond acceptors (Lipinski definition) is 8. The molecule has 0 aliphatic carbocycles. The van der Waals surface area contributed by atoms with E-state index in [1.807, 2.05) is 0 Å². The van der Waals surface area contributed by atoms with Crippen LogP contribution in [-0.4, -0.2) is 59.9 Å². The standard InChI is InChI=1S/C21H28N4O6S2/c1-6-31-21(28)17-12(2)18(14(4)26)32-20(17)23-19(27)15-8-7-9-25(11-15)33(29,30)16-10-22-24(5)13(16)3/h10,15H,6-9,11H2,1-5H3,(H,23,27). The number of sulfonamides is 1. The third kappa shape index (κ3) is 4.87. The Balaban J connectivity index is 1.84. The topological polar surface area (TPSA) is 128 Å². The number of rotatable bonds is 7. The van der Waals surface area contributed by atoms with Crippen molar-refractivity contribution in [2.45, 2.75) is 45.4 Å². The summed E-state index contributed by atoms with van der Waals surface area (Å²) >= 11 is 1.02. The Bertz CT molecular complexity index is 1200. The van der Waals surface area contributed by atoms with Crippen LogP contribution < -0.4 is 5.32 Å². The molecule has 3 rings (SSSR count). The number of esters is 1. The van der Waals surface area contributed by atoms with E-state index in [0.29, 0.717) is 35.5 Å². The average Bonchev–Trinajstić information content (AvgIpc) is 3.27. The highest BCUT2D eigenvalue weighted by molar-refractivity contribution is 7.89. The van der Waals surface area contributed by atoms with Crippen molar-refractivity contribution in [2.75, 3.05) is 25.0 Å². The third-order valence-electron chi connectivity index (χ3n) is 5.75. The summed E-state index contributed by atoms with van der Waals surface area (Å²) in [7, 11) is -2.13. The highest BCUT2D eigenvalue weighted by Gasteiger charge is 2.36. The second-order valence-electron chi connectivity index (χ2n) is 7.95. The number of ether oxygens (including phenoxy) is 1. The van der Waals surface area contributed by atoms with Crippen LogP contribution in [0.15, 0.2) is 11.1 Å². The molecule has 1 saturated heterocycles. The largest absolute Gasteiger partial charge is 0.462 e. The van der Waals surface area contributed by atoms with Crippen molar-refractivity contribution in [2.24, 2.45) is 13.0 Å². The minimum Gasteiger partial charge on any atom is -0.462 e. The van der Waals surface area contributed by atoms with Gasteiger partial charge in [0.15, 0.2) is 5.78 Å². The van der Waals surface area contributed by atoms with Crippen molar-refractivity contribution in [1.82, 2.24) is 14.1 Å². The summed E-state index contributed by atoms with van der Waals surface area (Å²) in [6.07, 6.45) is 2.34. The van der Waals surface area contributed by atoms with E-state index < -0.39 is 27.8 Å². The minimum absolute atomic E-state index is 0.0150. The molecule has 3 heterocycles. The molecule has 180 valence electrons. The van der Waals surface area contributed by atoms with Gasteiger partial charge in [-0.25, -0.2) is 13.2 Å². The van der Waals surface area contributed by atoms with Crippen molar-refractivity contribution >= 4 is 44.0 Å². The van der Waals surface area contributed by atoms with Crippen LogP contribution in [0.1, 0.15) is 58.0 Å². The van der Waals surface area contributed by atoms with E-state index in [2.05, 4.69) is 10.4 Å². The zero-order valence-corrected chi connectivity index (χ0v) is 20.9.